The summed E-state index contributed by atoms with van der Waals surface area (Å²) < 4.78 is 6.32. The molecule has 3 saturated carbocycles. The molecule has 4 aliphatic rings. The van der Waals surface area contributed by atoms with Gasteiger partial charge < -0.3 is 4.74 Å². The van der Waals surface area contributed by atoms with Gasteiger partial charge in [-0.2, -0.15) is 0 Å². The van der Waals surface area contributed by atoms with E-state index >= 15 is 0 Å². The Morgan fingerprint density at radius 1 is 1.14 bits per heavy atom. The first kappa shape index (κ1) is 18.7. The Morgan fingerprint density at radius 3 is 2.71 bits per heavy atom. The molecule has 3 aliphatic carbocycles. The van der Waals surface area contributed by atoms with Gasteiger partial charge in [0.25, 0.3) is 0 Å². The van der Waals surface area contributed by atoms with E-state index in [4.69, 9.17) is 4.74 Å². The van der Waals surface area contributed by atoms with Crippen LogP contribution >= 0.6 is 11.8 Å². The molecule has 0 radical (unpaired) electrons. The zero-order valence-electron chi connectivity index (χ0n) is 17.0. The van der Waals surface area contributed by atoms with Crippen LogP contribution < -0.4 is 4.74 Å². The van der Waals surface area contributed by atoms with Crippen molar-refractivity contribution in [3.05, 3.63) is 30.6 Å². The van der Waals surface area contributed by atoms with Gasteiger partial charge in [0.15, 0.2) is 0 Å². The average molecular weight is 399 g/mol. The number of hydrogen-bond donors (Lipinski definition) is 0. The number of fused-ring (bicyclic) bond motifs is 5. The number of aromatic nitrogens is 2. The lowest BCUT2D eigenvalue weighted by Crippen LogP contribution is -2.56. The van der Waals surface area contributed by atoms with Crippen LogP contribution in [-0.2, 0) is 4.79 Å². The predicted octanol–water partition coefficient (Wildman–Crippen LogP) is 4.91. The van der Waals surface area contributed by atoms with Gasteiger partial charge in [-0.05, 0) is 67.9 Å². The second-order valence-corrected chi connectivity index (χ2v) is 11.1. The minimum absolute atomic E-state index is 0.151. The summed E-state index contributed by atoms with van der Waals surface area (Å²) in [6.07, 6.45) is 13.7. The Kier molecular flexibility index (Phi) is 4.38. The molecule has 0 unspecified atom stereocenters. The molecule has 0 aromatic carbocycles. The van der Waals surface area contributed by atoms with E-state index in [0.29, 0.717) is 34.9 Å². The van der Waals surface area contributed by atoms with Crippen LogP contribution in [-0.4, -0.2) is 26.4 Å². The lowest BCUT2D eigenvalue weighted by molar-refractivity contribution is -0.108. The Hall–Kier alpha value is -1.36. The van der Waals surface area contributed by atoms with Crippen molar-refractivity contribution >= 4 is 16.9 Å². The van der Waals surface area contributed by atoms with Gasteiger partial charge in [0.05, 0.1) is 0 Å². The van der Waals surface area contributed by atoms with Gasteiger partial charge in [0, 0.05) is 28.5 Å². The van der Waals surface area contributed by atoms with E-state index in [9.17, 15) is 4.79 Å². The summed E-state index contributed by atoms with van der Waals surface area (Å²) >= 11 is 1.59. The SMILES string of the molecule is C[C@H]1C[C@H]2SC(=O)C=C[C@]2(C)[C@H]2CC[C@]3(C)[C@@H](Oc4ncccn4)CC[C@H]3[C@H]12. The summed E-state index contributed by atoms with van der Waals surface area (Å²) in [4.78, 5) is 20.6. The third-order valence-corrected chi connectivity index (χ3v) is 9.96. The molecule has 5 rings (SSSR count). The lowest BCUT2D eigenvalue weighted by atomic mass is 9.47. The monoisotopic (exact) mass is 398 g/mol. The number of ether oxygens (including phenoxy) is 1. The highest BCUT2D eigenvalue weighted by atomic mass is 32.2. The van der Waals surface area contributed by atoms with Gasteiger partial charge in [-0.1, -0.05) is 38.6 Å². The maximum Gasteiger partial charge on any atom is 0.316 e. The third-order valence-electron chi connectivity index (χ3n) is 8.61. The third kappa shape index (κ3) is 2.68. The van der Waals surface area contributed by atoms with Crippen molar-refractivity contribution in [3.8, 4) is 6.01 Å². The van der Waals surface area contributed by atoms with Gasteiger partial charge in [0.2, 0.25) is 5.12 Å². The Morgan fingerprint density at radius 2 is 1.93 bits per heavy atom. The summed E-state index contributed by atoms with van der Waals surface area (Å²) in [5.74, 6) is 2.72. The fraction of sp³-hybridized carbons (Fsp3) is 0.696. The van der Waals surface area contributed by atoms with Crippen LogP contribution in [0.1, 0.15) is 52.9 Å². The number of thioether (sulfide) groups is 1. The highest BCUT2D eigenvalue weighted by Crippen LogP contribution is 2.66. The highest BCUT2D eigenvalue weighted by Gasteiger charge is 2.62. The van der Waals surface area contributed by atoms with Crippen molar-refractivity contribution in [1.82, 2.24) is 9.97 Å². The minimum atomic E-state index is 0.151. The number of carbonyl (C=O) groups excluding carboxylic acids is 1. The fourth-order valence-electron chi connectivity index (χ4n) is 7.15. The van der Waals surface area contributed by atoms with Gasteiger partial charge >= 0.3 is 6.01 Å². The second kappa shape index (κ2) is 6.58. The van der Waals surface area contributed by atoms with Crippen molar-refractivity contribution < 1.29 is 9.53 Å². The van der Waals surface area contributed by atoms with E-state index in [-0.39, 0.29) is 22.0 Å². The summed E-state index contributed by atoms with van der Waals surface area (Å²) in [6, 6.07) is 2.35. The van der Waals surface area contributed by atoms with Crippen molar-refractivity contribution in [2.24, 2.45) is 34.5 Å². The molecular weight excluding hydrogens is 368 g/mol. The highest BCUT2D eigenvalue weighted by molar-refractivity contribution is 8.14. The van der Waals surface area contributed by atoms with Crippen LogP contribution in [0.4, 0.5) is 0 Å². The predicted molar refractivity (Wildman–Crippen MR) is 111 cm³/mol. The Labute approximate surface area is 171 Å². The molecule has 3 fully saturated rings. The molecule has 2 heterocycles. The van der Waals surface area contributed by atoms with Crippen molar-refractivity contribution in [2.75, 3.05) is 0 Å². The smallest absolute Gasteiger partial charge is 0.316 e. The van der Waals surface area contributed by atoms with Crippen LogP contribution in [0.25, 0.3) is 0 Å². The lowest BCUT2D eigenvalue weighted by Gasteiger charge is -2.60. The van der Waals surface area contributed by atoms with Gasteiger partial charge in [-0.15, -0.1) is 0 Å². The van der Waals surface area contributed by atoms with E-state index in [1.54, 1.807) is 24.2 Å². The number of allylic oxidation sites excluding steroid dienone is 1. The zero-order valence-corrected chi connectivity index (χ0v) is 17.8. The number of hydrogen-bond acceptors (Lipinski definition) is 5. The molecule has 0 spiro atoms. The fourth-order valence-corrected chi connectivity index (χ4v) is 8.49. The van der Waals surface area contributed by atoms with Crippen molar-refractivity contribution in [2.45, 2.75) is 64.2 Å². The molecular formula is C23H30N2O2S. The molecule has 0 amide bonds. The molecule has 0 bridgehead atoms. The van der Waals surface area contributed by atoms with E-state index in [0.717, 1.165) is 12.8 Å². The van der Waals surface area contributed by atoms with Gasteiger partial charge in [-0.3, -0.25) is 4.79 Å². The van der Waals surface area contributed by atoms with Crippen LogP contribution in [0.5, 0.6) is 6.01 Å². The average Bonchev–Trinajstić information content (AvgIpc) is 3.00. The first-order chi connectivity index (χ1) is 13.4. The summed E-state index contributed by atoms with van der Waals surface area (Å²) in [5.41, 5.74) is 0.345. The molecule has 1 aliphatic heterocycles. The Bertz CT molecular complexity index is 799. The van der Waals surface area contributed by atoms with Crippen LogP contribution in [0, 0.1) is 34.5 Å². The number of carbonyl (C=O) groups is 1. The summed E-state index contributed by atoms with van der Waals surface area (Å²) in [5, 5.41) is 0.683. The molecule has 4 nitrogen and oxygen atoms in total. The van der Waals surface area contributed by atoms with Crippen LogP contribution in [0.3, 0.4) is 0 Å². The largest absolute Gasteiger partial charge is 0.460 e. The van der Waals surface area contributed by atoms with Gasteiger partial charge in [-0.25, -0.2) is 9.97 Å². The minimum Gasteiger partial charge on any atom is -0.460 e. The van der Waals surface area contributed by atoms with Gasteiger partial charge in [0.1, 0.15) is 6.10 Å². The van der Waals surface area contributed by atoms with E-state index in [1.165, 1.54) is 19.3 Å². The van der Waals surface area contributed by atoms with Crippen molar-refractivity contribution in [1.29, 1.82) is 0 Å². The molecule has 150 valence electrons. The normalized spacial score (nSPS) is 47.2. The first-order valence-corrected chi connectivity index (χ1v) is 11.6. The standard InChI is InChI=1S/C23H30N2O2S/c1-14-13-18-23(3,10-8-19(26)28-18)16-7-9-22(2)15(20(14)16)5-6-17(22)27-21-24-11-4-12-25-21/h4,8,10-12,14-18,20H,5-7,9,13H2,1-3H3/t14-,15-,16-,17-,18+,20-,22-,23+/m0/s1. The zero-order chi connectivity index (χ0) is 19.5. The number of rotatable bonds is 2. The van der Waals surface area contributed by atoms with Crippen LogP contribution in [0.2, 0.25) is 0 Å². The molecule has 0 N–H and O–H groups in total. The maximum absolute atomic E-state index is 12.0. The molecule has 1 aromatic heterocycles. The molecule has 28 heavy (non-hydrogen) atoms. The topological polar surface area (TPSA) is 52.1 Å². The molecule has 1 aromatic rings. The quantitative estimate of drug-likeness (QED) is 0.708. The summed E-state index contributed by atoms with van der Waals surface area (Å²) in [7, 11) is 0. The Balaban J connectivity index is 1.44. The van der Waals surface area contributed by atoms with Crippen molar-refractivity contribution in [3.63, 3.8) is 0 Å². The van der Waals surface area contributed by atoms with E-state index in [1.807, 2.05) is 12.1 Å². The summed E-state index contributed by atoms with van der Waals surface area (Å²) in [6.45, 7) is 7.30. The maximum atomic E-state index is 12.0. The van der Waals surface area contributed by atoms with Crippen LogP contribution in [0.15, 0.2) is 30.6 Å². The molecule has 8 atom stereocenters. The second-order valence-electron chi connectivity index (χ2n) is 9.89. The first-order valence-electron chi connectivity index (χ1n) is 10.8. The number of nitrogens with zero attached hydrogens (tertiary/aromatic N) is 2. The van der Waals surface area contributed by atoms with E-state index < -0.39 is 0 Å². The molecule has 5 heteroatoms. The van der Waals surface area contributed by atoms with E-state index in [2.05, 4.69) is 36.8 Å². The molecule has 0 saturated heterocycles.